The van der Waals surface area contributed by atoms with Crippen molar-refractivity contribution in [3.8, 4) is 5.75 Å². The molecule has 2 aromatic heterocycles. The van der Waals surface area contributed by atoms with Gasteiger partial charge in [-0.2, -0.15) is 0 Å². The highest BCUT2D eigenvalue weighted by Gasteiger charge is 2.48. The molecule has 3 amide bonds. The molecule has 3 saturated heterocycles. The Morgan fingerprint density at radius 3 is 2.58 bits per heavy atom. The molecule has 13 nitrogen and oxygen atoms in total. The molecule has 4 fully saturated rings. The van der Waals surface area contributed by atoms with Gasteiger partial charge in [-0.05, 0) is 86.1 Å². The first-order valence-electron chi connectivity index (χ1n) is 21.7. The number of carbonyl (C=O) groups excluding carboxylic acids is 3. The molecule has 11 rings (SSSR count). The fourth-order valence-corrected chi connectivity index (χ4v) is 11.8. The van der Waals surface area contributed by atoms with Gasteiger partial charge in [-0.3, -0.25) is 29.5 Å². The Morgan fingerprint density at radius 2 is 1.80 bits per heavy atom. The monoisotopic (exact) mass is 819 g/mol. The van der Waals surface area contributed by atoms with Crippen molar-refractivity contribution in [2.45, 2.75) is 89.0 Å². The SMILES string of the molecule is C[C@@H]1Cc2c([nH]c3ccccc23)[C@@H](c2cnc(N3CCC4(CC3)CC(CN3CCN5c6cc7c(cc6OC[C@@H]5C3)C(=O)N(C3CCC(=O)NC3=O)C7)C4)nc2)N1CC(F)F. The summed E-state index contributed by atoms with van der Waals surface area (Å²) in [7, 11) is 0. The number of fused-ring (bicyclic) bond motifs is 7. The maximum Gasteiger partial charge on any atom is 0.255 e. The summed E-state index contributed by atoms with van der Waals surface area (Å²) in [5, 5.41) is 3.54. The number of rotatable bonds is 7. The summed E-state index contributed by atoms with van der Waals surface area (Å²) in [6.07, 6.45) is 7.26. The number of nitrogens with one attached hydrogen (secondary N) is 2. The van der Waals surface area contributed by atoms with Crippen LogP contribution in [0.15, 0.2) is 48.8 Å². The van der Waals surface area contributed by atoms with E-state index in [2.05, 4.69) is 37.1 Å². The maximum absolute atomic E-state index is 13.9. The van der Waals surface area contributed by atoms with Gasteiger partial charge in [0.15, 0.2) is 0 Å². The summed E-state index contributed by atoms with van der Waals surface area (Å²) in [6.45, 7) is 8.37. The van der Waals surface area contributed by atoms with E-state index in [1.54, 1.807) is 4.90 Å². The molecule has 2 N–H and O–H groups in total. The van der Waals surface area contributed by atoms with Gasteiger partial charge in [0.2, 0.25) is 17.8 Å². The molecule has 314 valence electrons. The number of amides is 3. The predicted octanol–water partition coefficient (Wildman–Crippen LogP) is 4.90. The molecule has 2 aromatic carbocycles. The largest absolute Gasteiger partial charge is 0.489 e. The number of hydrogen-bond acceptors (Lipinski definition) is 10. The van der Waals surface area contributed by atoms with Gasteiger partial charge >= 0.3 is 0 Å². The van der Waals surface area contributed by atoms with Crippen LogP contribution in [-0.2, 0) is 22.6 Å². The molecule has 0 radical (unpaired) electrons. The van der Waals surface area contributed by atoms with E-state index in [1.807, 2.05) is 48.5 Å². The third-order valence-electron chi connectivity index (χ3n) is 14.8. The van der Waals surface area contributed by atoms with Gasteiger partial charge < -0.3 is 24.4 Å². The van der Waals surface area contributed by atoms with Gasteiger partial charge in [-0.25, -0.2) is 18.7 Å². The van der Waals surface area contributed by atoms with Crippen LogP contribution in [0.2, 0.25) is 0 Å². The van der Waals surface area contributed by atoms with Crippen molar-refractivity contribution in [3.05, 3.63) is 76.7 Å². The highest BCUT2D eigenvalue weighted by molar-refractivity contribution is 6.06. The standard InChI is InChI=1S/C45H51F2N9O4/c1-26-14-33-31-4-2-3-5-34(31)50-40(33)41(55(26)24-38(46)47)29-19-48-44(49-20-29)53-10-8-45(9-11-53)17-27(18-45)21-52-12-13-54-30(23-52)25-60-37-16-32-28(15-36(37)54)22-56(43(32)59)35-6-7-39(57)51-42(35)58/h2-5,15-16,19-20,26-27,30,35,38,41,50H,6-14,17-18,21-25H2,1H3,(H,51,57,58)/t26-,30+,35?,41-/m1/s1. The van der Waals surface area contributed by atoms with Crippen molar-refractivity contribution < 1.29 is 27.9 Å². The van der Waals surface area contributed by atoms with Crippen LogP contribution < -0.4 is 19.9 Å². The average molecular weight is 820 g/mol. The molecule has 60 heavy (non-hydrogen) atoms. The molecule has 15 heteroatoms. The number of anilines is 2. The topological polar surface area (TPSA) is 130 Å². The first kappa shape index (κ1) is 37.8. The lowest BCUT2D eigenvalue weighted by Gasteiger charge is -2.54. The Balaban J connectivity index is 0.690. The minimum absolute atomic E-state index is 0.0541. The number of piperidine rings is 2. The number of piperazine rings is 1. The number of hydrogen-bond donors (Lipinski definition) is 2. The second-order valence-electron chi connectivity index (χ2n) is 18.5. The third kappa shape index (κ3) is 6.41. The van der Waals surface area contributed by atoms with Crippen molar-refractivity contribution in [3.63, 3.8) is 0 Å². The van der Waals surface area contributed by atoms with Crippen molar-refractivity contribution in [1.82, 2.24) is 35.0 Å². The molecule has 4 atom stereocenters. The quantitative estimate of drug-likeness (QED) is 0.249. The lowest BCUT2D eigenvalue weighted by atomic mass is 9.57. The lowest BCUT2D eigenvalue weighted by Crippen LogP contribution is -2.59. The molecule has 8 heterocycles. The van der Waals surface area contributed by atoms with Crippen LogP contribution in [0.5, 0.6) is 5.75 Å². The normalized spacial score (nSPS) is 26.8. The van der Waals surface area contributed by atoms with E-state index in [1.165, 1.54) is 18.4 Å². The maximum atomic E-state index is 13.9. The summed E-state index contributed by atoms with van der Waals surface area (Å²) >= 11 is 0. The smallest absolute Gasteiger partial charge is 0.255 e. The Morgan fingerprint density at radius 1 is 1.00 bits per heavy atom. The van der Waals surface area contributed by atoms with Crippen LogP contribution in [0, 0.1) is 11.3 Å². The van der Waals surface area contributed by atoms with Crippen molar-refractivity contribution in [2.24, 2.45) is 11.3 Å². The zero-order valence-electron chi connectivity index (χ0n) is 33.9. The minimum Gasteiger partial charge on any atom is -0.489 e. The second-order valence-corrected chi connectivity index (χ2v) is 18.5. The van der Waals surface area contributed by atoms with Gasteiger partial charge in [-0.1, -0.05) is 18.2 Å². The van der Waals surface area contributed by atoms with Crippen LogP contribution in [0.4, 0.5) is 20.4 Å². The first-order valence-corrected chi connectivity index (χ1v) is 21.7. The number of benzene rings is 2. The molecule has 0 bridgehead atoms. The molecule has 4 aromatic rings. The van der Waals surface area contributed by atoms with Crippen LogP contribution in [-0.4, -0.2) is 124 Å². The summed E-state index contributed by atoms with van der Waals surface area (Å²) < 4.78 is 34.1. The summed E-state index contributed by atoms with van der Waals surface area (Å²) in [5.41, 5.74) is 6.90. The molecule has 7 aliphatic rings. The molecule has 1 aliphatic carbocycles. The number of nitrogens with zero attached hydrogens (tertiary/aromatic N) is 7. The van der Waals surface area contributed by atoms with E-state index < -0.39 is 18.4 Å². The number of alkyl halides is 2. The van der Waals surface area contributed by atoms with E-state index in [-0.39, 0.29) is 42.9 Å². The van der Waals surface area contributed by atoms with Crippen LogP contribution in [0.1, 0.15) is 84.2 Å². The molecular formula is C45H51F2N9O4. The lowest BCUT2D eigenvalue weighted by molar-refractivity contribution is -0.136. The molecule has 6 aliphatic heterocycles. The highest BCUT2D eigenvalue weighted by atomic mass is 19.3. The number of imide groups is 1. The zero-order valence-corrected chi connectivity index (χ0v) is 33.9. The van der Waals surface area contributed by atoms with Gasteiger partial charge in [0.05, 0.1) is 24.3 Å². The zero-order chi connectivity index (χ0) is 40.9. The van der Waals surface area contributed by atoms with E-state index in [0.717, 1.165) is 91.3 Å². The minimum atomic E-state index is -2.44. The number of ether oxygens (including phenoxy) is 1. The van der Waals surface area contributed by atoms with Gasteiger partial charge in [0.25, 0.3) is 12.3 Å². The van der Waals surface area contributed by atoms with E-state index >= 15 is 0 Å². The Hall–Kier alpha value is -5.15. The fourth-order valence-electron chi connectivity index (χ4n) is 11.8. The average Bonchev–Trinajstić information content (AvgIpc) is 3.76. The van der Waals surface area contributed by atoms with Crippen molar-refractivity contribution in [2.75, 3.05) is 62.2 Å². The van der Waals surface area contributed by atoms with Crippen LogP contribution in [0.25, 0.3) is 10.9 Å². The Kier molecular flexibility index (Phi) is 9.14. The molecule has 1 saturated carbocycles. The summed E-state index contributed by atoms with van der Waals surface area (Å²) in [5.74, 6) is 1.24. The summed E-state index contributed by atoms with van der Waals surface area (Å²) in [4.78, 5) is 61.7. The summed E-state index contributed by atoms with van der Waals surface area (Å²) in [6, 6.07) is 11.3. The molecular weight excluding hydrogens is 769 g/mol. The number of carbonyl (C=O) groups is 3. The number of para-hydroxylation sites is 1. The van der Waals surface area contributed by atoms with Gasteiger partial charge in [-0.15, -0.1) is 0 Å². The van der Waals surface area contributed by atoms with Crippen LogP contribution in [0.3, 0.4) is 0 Å². The van der Waals surface area contributed by atoms with Crippen molar-refractivity contribution >= 4 is 40.3 Å². The predicted molar refractivity (Wildman–Crippen MR) is 220 cm³/mol. The van der Waals surface area contributed by atoms with Gasteiger partial charge in [0, 0.05) is 98.4 Å². The highest BCUT2D eigenvalue weighted by Crippen LogP contribution is 2.53. The third-order valence-corrected chi connectivity index (χ3v) is 14.8. The Labute approximate surface area is 347 Å². The molecule has 1 spiro atoms. The van der Waals surface area contributed by atoms with Crippen molar-refractivity contribution in [1.29, 1.82) is 0 Å². The van der Waals surface area contributed by atoms with E-state index in [0.29, 0.717) is 48.8 Å². The number of halogens is 2. The number of H-pyrrole nitrogens is 1. The van der Waals surface area contributed by atoms with Gasteiger partial charge in [0.1, 0.15) is 18.4 Å². The van der Waals surface area contributed by atoms with Crippen LogP contribution >= 0.6 is 0 Å². The van der Waals surface area contributed by atoms with E-state index in [4.69, 9.17) is 14.7 Å². The number of aromatic nitrogens is 3. The molecule has 1 unspecified atom stereocenters. The first-order chi connectivity index (χ1) is 29.1. The van der Waals surface area contributed by atoms with E-state index in [9.17, 15) is 23.2 Å². The second kappa shape index (κ2) is 14.5. The number of aromatic amines is 1. The fraction of sp³-hybridized carbons (Fsp3) is 0.533. The Bertz CT molecular complexity index is 2360.